The van der Waals surface area contributed by atoms with Crippen molar-refractivity contribution in [3.63, 3.8) is 0 Å². The minimum atomic E-state index is -3.95. The summed E-state index contributed by atoms with van der Waals surface area (Å²) in [6, 6.07) is 19.1. The summed E-state index contributed by atoms with van der Waals surface area (Å²) in [4.78, 5) is 13.2. The van der Waals surface area contributed by atoms with Crippen molar-refractivity contribution in [3.05, 3.63) is 92.9 Å². The molecule has 0 spiro atoms. The van der Waals surface area contributed by atoms with Gasteiger partial charge in [0.1, 0.15) is 0 Å². The lowest BCUT2D eigenvalue weighted by Gasteiger charge is -2.23. The van der Waals surface area contributed by atoms with Crippen molar-refractivity contribution in [2.24, 2.45) is 0 Å². The van der Waals surface area contributed by atoms with Crippen LogP contribution in [-0.2, 0) is 21.4 Å². The lowest BCUT2D eigenvalue weighted by molar-refractivity contribution is -0.116. The molecule has 0 aliphatic rings. The van der Waals surface area contributed by atoms with Crippen LogP contribution in [0.5, 0.6) is 0 Å². The van der Waals surface area contributed by atoms with Crippen molar-refractivity contribution in [3.8, 4) is 0 Å². The molecule has 0 saturated carbocycles. The molecule has 1 amide bonds. The number of carbonyl (C=O) groups is 1. The smallest absolute Gasteiger partial charge is 0.243 e. The summed E-state index contributed by atoms with van der Waals surface area (Å²) < 4.78 is 28.9. The van der Waals surface area contributed by atoms with Crippen LogP contribution in [0.2, 0.25) is 5.02 Å². The van der Waals surface area contributed by atoms with Gasteiger partial charge in [0, 0.05) is 21.7 Å². The standard InChI is InChI=1S/C25H26BrClN2O3S/c1-17(2)23-6-4-5-18(3)25(23)28-24(30)16-29(15-19-7-9-20(26)10-8-19)33(31,32)22-13-11-21(27)12-14-22/h4-14,17H,15-16H2,1-3H3,(H,28,30). The largest absolute Gasteiger partial charge is 0.324 e. The quantitative estimate of drug-likeness (QED) is 0.355. The van der Waals surface area contributed by atoms with Crippen LogP contribution in [0, 0.1) is 6.92 Å². The molecule has 0 unspecified atom stereocenters. The first-order valence-electron chi connectivity index (χ1n) is 10.5. The number of amides is 1. The second kappa shape index (κ2) is 10.8. The van der Waals surface area contributed by atoms with E-state index in [1.807, 2.05) is 49.4 Å². The molecule has 0 bridgehead atoms. The van der Waals surface area contributed by atoms with Gasteiger partial charge in [0.25, 0.3) is 0 Å². The molecule has 0 radical (unpaired) electrons. The molecule has 8 heteroatoms. The summed E-state index contributed by atoms with van der Waals surface area (Å²) in [5.74, 6) is -0.197. The van der Waals surface area contributed by atoms with Crippen LogP contribution < -0.4 is 5.32 Å². The van der Waals surface area contributed by atoms with Crippen molar-refractivity contribution >= 4 is 49.1 Å². The van der Waals surface area contributed by atoms with Gasteiger partial charge >= 0.3 is 0 Å². The zero-order valence-electron chi connectivity index (χ0n) is 18.7. The number of para-hydroxylation sites is 1. The van der Waals surface area contributed by atoms with Gasteiger partial charge in [0.15, 0.2) is 0 Å². The molecule has 174 valence electrons. The molecule has 3 aromatic carbocycles. The number of anilines is 1. The van der Waals surface area contributed by atoms with Gasteiger partial charge in [-0.1, -0.05) is 71.7 Å². The van der Waals surface area contributed by atoms with E-state index in [0.29, 0.717) is 5.02 Å². The van der Waals surface area contributed by atoms with Gasteiger partial charge in [0.2, 0.25) is 15.9 Å². The minimum Gasteiger partial charge on any atom is -0.324 e. The Kier molecular flexibility index (Phi) is 8.34. The van der Waals surface area contributed by atoms with Gasteiger partial charge in [-0.3, -0.25) is 4.79 Å². The summed E-state index contributed by atoms with van der Waals surface area (Å²) in [5, 5.41) is 3.38. The molecule has 0 fully saturated rings. The van der Waals surface area contributed by atoms with Gasteiger partial charge in [-0.2, -0.15) is 4.31 Å². The Labute approximate surface area is 209 Å². The van der Waals surface area contributed by atoms with Crippen LogP contribution in [0.1, 0.15) is 36.5 Å². The number of rotatable bonds is 8. The molecule has 0 aromatic heterocycles. The van der Waals surface area contributed by atoms with E-state index in [9.17, 15) is 13.2 Å². The van der Waals surface area contributed by atoms with E-state index in [2.05, 4.69) is 35.1 Å². The molecule has 0 heterocycles. The third-order valence-electron chi connectivity index (χ3n) is 5.24. The van der Waals surface area contributed by atoms with Crippen molar-refractivity contribution in [2.45, 2.75) is 38.1 Å². The average Bonchev–Trinajstić information content (AvgIpc) is 2.76. The Balaban J connectivity index is 1.92. The maximum Gasteiger partial charge on any atom is 0.243 e. The molecule has 3 rings (SSSR count). The number of benzene rings is 3. The first-order chi connectivity index (χ1) is 15.6. The monoisotopic (exact) mass is 548 g/mol. The number of halogens is 2. The van der Waals surface area contributed by atoms with Crippen LogP contribution in [0.3, 0.4) is 0 Å². The van der Waals surface area contributed by atoms with Crippen LogP contribution in [0.15, 0.2) is 76.1 Å². The molecule has 33 heavy (non-hydrogen) atoms. The van der Waals surface area contributed by atoms with Crippen molar-refractivity contribution in [1.82, 2.24) is 4.31 Å². The fourth-order valence-corrected chi connectivity index (χ4v) is 5.23. The van der Waals surface area contributed by atoms with Gasteiger partial charge in [0.05, 0.1) is 11.4 Å². The van der Waals surface area contributed by atoms with E-state index in [0.717, 1.165) is 26.9 Å². The summed E-state index contributed by atoms with van der Waals surface area (Å²) in [6.45, 7) is 5.75. The van der Waals surface area contributed by atoms with E-state index in [-0.39, 0.29) is 23.9 Å². The maximum atomic E-state index is 13.4. The SMILES string of the molecule is Cc1cccc(C(C)C)c1NC(=O)CN(Cc1ccc(Br)cc1)S(=O)(=O)c1ccc(Cl)cc1. The van der Waals surface area contributed by atoms with Crippen LogP contribution in [0.4, 0.5) is 5.69 Å². The molecule has 0 aliphatic carbocycles. The molecule has 1 N–H and O–H groups in total. The highest BCUT2D eigenvalue weighted by molar-refractivity contribution is 9.10. The number of hydrogen-bond donors (Lipinski definition) is 1. The highest BCUT2D eigenvalue weighted by Crippen LogP contribution is 2.28. The van der Waals surface area contributed by atoms with Crippen LogP contribution in [0.25, 0.3) is 0 Å². The number of sulfonamides is 1. The van der Waals surface area contributed by atoms with E-state index >= 15 is 0 Å². The van der Waals surface area contributed by atoms with Crippen molar-refractivity contribution < 1.29 is 13.2 Å². The zero-order valence-corrected chi connectivity index (χ0v) is 21.8. The second-order valence-corrected chi connectivity index (χ2v) is 11.4. The molecular formula is C25H26BrClN2O3S. The number of nitrogens with one attached hydrogen (secondary N) is 1. The number of nitrogens with zero attached hydrogens (tertiary/aromatic N) is 1. The minimum absolute atomic E-state index is 0.0521. The first kappa shape index (κ1) is 25.4. The Morgan fingerprint density at radius 1 is 1.03 bits per heavy atom. The third-order valence-corrected chi connectivity index (χ3v) is 7.82. The van der Waals surface area contributed by atoms with E-state index in [4.69, 9.17) is 11.6 Å². The summed E-state index contributed by atoms with van der Waals surface area (Å²) >= 11 is 9.33. The molecule has 0 atom stereocenters. The molecule has 0 saturated heterocycles. The normalized spacial score (nSPS) is 11.7. The average molecular weight is 550 g/mol. The molecule has 0 aliphatic heterocycles. The predicted octanol–water partition coefficient (Wildman–Crippen LogP) is 6.36. The topological polar surface area (TPSA) is 66.5 Å². The maximum absolute atomic E-state index is 13.4. The fraction of sp³-hybridized carbons (Fsp3) is 0.240. The van der Waals surface area contributed by atoms with E-state index in [1.54, 1.807) is 0 Å². The number of hydrogen-bond acceptors (Lipinski definition) is 3. The predicted molar refractivity (Wildman–Crippen MR) is 137 cm³/mol. The highest BCUT2D eigenvalue weighted by Gasteiger charge is 2.27. The number of aryl methyl sites for hydroxylation is 1. The molecular weight excluding hydrogens is 524 g/mol. The van der Waals surface area contributed by atoms with E-state index in [1.165, 1.54) is 28.6 Å². The lowest BCUT2D eigenvalue weighted by Crippen LogP contribution is -2.37. The first-order valence-corrected chi connectivity index (χ1v) is 13.1. The van der Waals surface area contributed by atoms with E-state index < -0.39 is 15.9 Å². The van der Waals surface area contributed by atoms with Crippen molar-refractivity contribution in [2.75, 3.05) is 11.9 Å². The third kappa shape index (κ3) is 6.44. The Morgan fingerprint density at radius 3 is 2.27 bits per heavy atom. The second-order valence-electron chi connectivity index (χ2n) is 8.10. The van der Waals surface area contributed by atoms with Gasteiger partial charge < -0.3 is 5.32 Å². The summed E-state index contributed by atoms with van der Waals surface area (Å²) in [5.41, 5.74) is 3.42. The van der Waals surface area contributed by atoms with Gasteiger partial charge in [-0.05, 0) is 65.9 Å². The Hall–Kier alpha value is -2.19. The highest BCUT2D eigenvalue weighted by atomic mass is 79.9. The molecule has 5 nitrogen and oxygen atoms in total. The summed E-state index contributed by atoms with van der Waals surface area (Å²) in [7, 11) is -3.95. The lowest BCUT2D eigenvalue weighted by atomic mass is 9.98. The van der Waals surface area contributed by atoms with Gasteiger partial charge in [-0.15, -0.1) is 0 Å². The van der Waals surface area contributed by atoms with Gasteiger partial charge in [-0.25, -0.2) is 8.42 Å². The number of carbonyl (C=O) groups excluding carboxylic acids is 1. The van der Waals surface area contributed by atoms with Crippen LogP contribution >= 0.6 is 27.5 Å². The van der Waals surface area contributed by atoms with Crippen LogP contribution in [-0.4, -0.2) is 25.2 Å². The zero-order chi connectivity index (χ0) is 24.2. The Morgan fingerprint density at radius 2 is 1.67 bits per heavy atom. The fourth-order valence-electron chi connectivity index (χ4n) is 3.46. The molecule has 3 aromatic rings. The Bertz CT molecular complexity index is 1230. The van der Waals surface area contributed by atoms with Crippen molar-refractivity contribution in [1.29, 1.82) is 0 Å². The summed E-state index contributed by atoms with van der Waals surface area (Å²) in [6.07, 6.45) is 0.